The molecule has 6 nitrogen and oxygen atoms in total. The molecule has 0 unspecified atom stereocenters. The Bertz CT molecular complexity index is 903. The average molecular weight is 334 g/mol. The Labute approximate surface area is 145 Å². The number of amides is 2. The Morgan fingerprint density at radius 1 is 1.08 bits per heavy atom. The lowest BCUT2D eigenvalue weighted by molar-refractivity contribution is -0.119. The molecule has 2 aromatic carbocycles. The first-order chi connectivity index (χ1) is 12.1. The lowest BCUT2D eigenvalue weighted by Crippen LogP contribution is -2.42. The highest BCUT2D eigenvalue weighted by molar-refractivity contribution is 5.97. The maximum Gasteiger partial charge on any atom is 0.251 e. The smallest absolute Gasteiger partial charge is 0.251 e. The van der Waals surface area contributed by atoms with Gasteiger partial charge in [-0.3, -0.25) is 9.59 Å². The second-order valence-electron chi connectivity index (χ2n) is 5.64. The third-order valence-corrected chi connectivity index (χ3v) is 3.84. The number of nitrogens with two attached hydrogens (primary N) is 1. The molecular weight excluding hydrogens is 316 g/mol. The normalized spacial score (nSPS) is 11.7. The van der Waals surface area contributed by atoms with Crippen LogP contribution in [-0.2, 0) is 4.79 Å². The van der Waals surface area contributed by atoms with Crippen molar-refractivity contribution >= 4 is 11.8 Å². The molecule has 0 aliphatic heterocycles. The number of primary amides is 1. The average Bonchev–Trinajstić information content (AvgIpc) is 3.12. The van der Waals surface area contributed by atoms with Gasteiger partial charge in [-0.15, -0.1) is 0 Å². The molecule has 0 saturated heterocycles. The minimum atomic E-state index is -0.735. The number of rotatable bonds is 5. The lowest BCUT2D eigenvalue weighted by Gasteiger charge is -2.12. The number of benzene rings is 2. The van der Waals surface area contributed by atoms with E-state index in [0.717, 1.165) is 16.9 Å². The van der Waals surface area contributed by atoms with Gasteiger partial charge in [0.25, 0.3) is 5.91 Å². The first-order valence-electron chi connectivity index (χ1n) is 7.86. The molecule has 6 heteroatoms. The van der Waals surface area contributed by atoms with Crippen molar-refractivity contribution in [2.24, 2.45) is 5.73 Å². The Hall–Kier alpha value is -3.41. The minimum Gasteiger partial charge on any atom is -0.368 e. The fourth-order valence-corrected chi connectivity index (χ4v) is 2.47. The molecule has 0 radical (unpaired) electrons. The van der Waals surface area contributed by atoms with E-state index in [0.29, 0.717) is 5.56 Å². The molecule has 0 spiro atoms. The molecule has 0 bridgehead atoms. The Morgan fingerprint density at radius 2 is 1.84 bits per heavy atom. The van der Waals surface area contributed by atoms with Gasteiger partial charge in [0.2, 0.25) is 5.91 Å². The molecule has 0 saturated carbocycles. The van der Waals surface area contributed by atoms with Gasteiger partial charge in [-0.25, -0.2) is 4.68 Å². The van der Waals surface area contributed by atoms with Crippen LogP contribution in [0.3, 0.4) is 0 Å². The predicted molar refractivity (Wildman–Crippen MR) is 95.1 cm³/mol. The van der Waals surface area contributed by atoms with E-state index in [9.17, 15) is 9.59 Å². The summed E-state index contributed by atoms with van der Waals surface area (Å²) in [4.78, 5) is 23.4. The van der Waals surface area contributed by atoms with Crippen LogP contribution >= 0.6 is 0 Å². The molecule has 3 rings (SSSR count). The number of hydrogen-bond acceptors (Lipinski definition) is 3. The highest BCUT2D eigenvalue weighted by Crippen LogP contribution is 2.22. The SMILES string of the molecule is C[C@@H](NC(=O)c1cccc(-n2nccc2-c2ccccc2)c1)C(N)=O. The van der Waals surface area contributed by atoms with Gasteiger partial charge in [0.05, 0.1) is 17.6 Å². The molecule has 1 heterocycles. The first kappa shape index (κ1) is 16.4. The van der Waals surface area contributed by atoms with Crippen molar-refractivity contribution in [2.75, 3.05) is 0 Å². The molecule has 3 N–H and O–H groups in total. The maximum atomic E-state index is 12.3. The summed E-state index contributed by atoms with van der Waals surface area (Å²) in [6.45, 7) is 1.55. The van der Waals surface area contributed by atoms with E-state index in [4.69, 9.17) is 5.73 Å². The molecule has 1 atom stereocenters. The van der Waals surface area contributed by atoms with Gasteiger partial charge in [-0.1, -0.05) is 36.4 Å². The van der Waals surface area contributed by atoms with Crippen LogP contribution in [0.4, 0.5) is 0 Å². The van der Waals surface area contributed by atoms with Gasteiger partial charge >= 0.3 is 0 Å². The second-order valence-corrected chi connectivity index (χ2v) is 5.64. The molecule has 126 valence electrons. The quantitative estimate of drug-likeness (QED) is 0.749. The monoisotopic (exact) mass is 334 g/mol. The lowest BCUT2D eigenvalue weighted by atomic mass is 10.1. The van der Waals surface area contributed by atoms with Gasteiger partial charge in [0.1, 0.15) is 6.04 Å². The summed E-state index contributed by atoms with van der Waals surface area (Å²) < 4.78 is 1.77. The van der Waals surface area contributed by atoms with E-state index in [-0.39, 0.29) is 5.91 Å². The van der Waals surface area contributed by atoms with Crippen molar-refractivity contribution in [3.63, 3.8) is 0 Å². The largest absolute Gasteiger partial charge is 0.368 e. The van der Waals surface area contributed by atoms with Crippen LogP contribution < -0.4 is 11.1 Å². The van der Waals surface area contributed by atoms with E-state index in [1.54, 1.807) is 36.0 Å². The number of hydrogen-bond donors (Lipinski definition) is 2. The fraction of sp³-hybridized carbons (Fsp3) is 0.105. The second kappa shape index (κ2) is 7.00. The van der Waals surface area contributed by atoms with Gasteiger partial charge in [-0.05, 0) is 31.2 Å². The summed E-state index contributed by atoms with van der Waals surface area (Å²) in [6, 6.07) is 18.1. The van der Waals surface area contributed by atoms with Crippen molar-refractivity contribution in [3.05, 3.63) is 72.4 Å². The van der Waals surface area contributed by atoms with Crippen molar-refractivity contribution in [3.8, 4) is 16.9 Å². The van der Waals surface area contributed by atoms with E-state index >= 15 is 0 Å². The molecular formula is C19H18N4O2. The maximum absolute atomic E-state index is 12.3. The molecule has 2 amide bonds. The fourth-order valence-electron chi connectivity index (χ4n) is 2.47. The molecule has 1 aromatic heterocycles. The van der Waals surface area contributed by atoms with E-state index < -0.39 is 11.9 Å². The summed E-state index contributed by atoms with van der Waals surface area (Å²) >= 11 is 0. The first-order valence-corrected chi connectivity index (χ1v) is 7.86. The summed E-state index contributed by atoms with van der Waals surface area (Å²) in [7, 11) is 0. The van der Waals surface area contributed by atoms with Crippen molar-refractivity contribution in [1.29, 1.82) is 0 Å². The van der Waals surface area contributed by atoms with Crippen LogP contribution in [0.15, 0.2) is 66.9 Å². The van der Waals surface area contributed by atoms with E-state index in [1.807, 2.05) is 42.5 Å². The van der Waals surface area contributed by atoms with Crippen molar-refractivity contribution in [1.82, 2.24) is 15.1 Å². The van der Waals surface area contributed by atoms with Crippen LogP contribution in [0.25, 0.3) is 16.9 Å². The number of nitrogens with one attached hydrogen (secondary N) is 1. The van der Waals surface area contributed by atoms with E-state index in [1.165, 1.54) is 0 Å². The zero-order chi connectivity index (χ0) is 17.8. The number of aromatic nitrogens is 2. The summed E-state index contributed by atoms with van der Waals surface area (Å²) in [5.74, 6) is -0.940. The van der Waals surface area contributed by atoms with Gasteiger partial charge < -0.3 is 11.1 Å². The number of carbonyl (C=O) groups excluding carboxylic acids is 2. The highest BCUT2D eigenvalue weighted by Gasteiger charge is 2.15. The Kier molecular flexibility index (Phi) is 4.61. The van der Waals surface area contributed by atoms with Crippen LogP contribution in [0.5, 0.6) is 0 Å². The zero-order valence-corrected chi connectivity index (χ0v) is 13.7. The van der Waals surface area contributed by atoms with Crippen LogP contribution in [0.1, 0.15) is 17.3 Å². The topological polar surface area (TPSA) is 90.0 Å². The molecule has 0 aliphatic carbocycles. The predicted octanol–water partition coefficient (Wildman–Crippen LogP) is 2.14. The number of carbonyl (C=O) groups is 2. The number of nitrogens with zero attached hydrogens (tertiary/aromatic N) is 2. The van der Waals surface area contributed by atoms with Crippen molar-refractivity contribution in [2.45, 2.75) is 13.0 Å². The summed E-state index contributed by atoms with van der Waals surface area (Å²) in [6.07, 6.45) is 1.71. The summed E-state index contributed by atoms with van der Waals surface area (Å²) in [5, 5.41) is 6.93. The Morgan fingerprint density at radius 3 is 2.56 bits per heavy atom. The van der Waals surface area contributed by atoms with Gasteiger partial charge in [0, 0.05) is 11.1 Å². The van der Waals surface area contributed by atoms with Gasteiger partial charge in [0.15, 0.2) is 0 Å². The van der Waals surface area contributed by atoms with Crippen LogP contribution in [0.2, 0.25) is 0 Å². The highest BCUT2D eigenvalue weighted by atomic mass is 16.2. The van der Waals surface area contributed by atoms with E-state index in [2.05, 4.69) is 10.4 Å². The van der Waals surface area contributed by atoms with Crippen molar-refractivity contribution < 1.29 is 9.59 Å². The third kappa shape index (κ3) is 3.58. The minimum absolute atomic E-state index is 0.360. The third-order valence-electron chi connectivity index (χ3n) is 3.84. The Balaban J connectivity index is 1.92. The molecule has 0 aliphatic rings. The van der Waals surface area contributed by atoms with Crippen LogP contribution in [-0.4, -0.2) is 27.6 Å². The van der Waals surface area contributed by atoms with Gasteiger partial charge in [-0.2, -0.15) is 5.10 Å². The van der Waals surface area contributed by atoms with Crippen LogP contribution in [0, 0.1) is 0 Å². The molecule has 0 fully saturated rings. The summed E-state index contributed by atoms with van der Waals surface area (Å²) in [5.41, 5.74) is 8.31. The zero-order valence-electron chi connectivity index (χ0n) is 13.7. The molecule has 3 aromatic rings. The molecule has 25 heavy (non-hydrogen) atoms. The standard InChI is InChI=1S/C19H18N4O2/c1-13(18(20)24)22-19(25)15-8-5-9-16(12-15)23-17(10-11-21-23)14-6-3-2-4-7-14/h2-13H,1H3,(H2,20,24)(H,22,25)/t13-/m1/s1.